The van der Waals surface area contributed by atoms with Crippen LogP contribution in [-0.4, -0.2) is 43.0 Å². The van der Waals surface area contributed by atoms with Crippen LogP contribution < -0.4 is 0 Å². The van der Waals surface area contributed by atoms with E-state index in [2.05, 4.69) is 16.4 Å². The summed E-state index contributed by atoms with van der Waals surface area (Å²) >= 11 is 0. The standard InChI is InChI=1S/C18H34O3.C10H10O4/c1-2-3-4-5-6-7-8-9-10-11-12-13-14-15-16-17(19)18(20)21;1-13-9(11)7-4-3-5-8(6-7)10(12)14-2/h2-16H2,1H3,(H,20,21);3-6H,1-2H3. The van der Waals surface area contributed by atoms with Crippen LogP contribution in [0.15, 0.2) is 24.3 Å². The number of aliphatic carboxylic acids is 1. The van der Waals surface area contributed by atoms with Gasteiger partial charge in [-0.05, 0) is 24.6 Å². The van der Waals surface area contributed by atoms with Crippen LogP contribution in [-0.2, 0) is 19.1 Å². The lowest BCUT2D eigenvalue weighted by Crippen LogP contribution is -2.11. The number of carboxylic acid groups (broad SMARTS) is 1. The third-order valence-corrected chi connectivity index (χ3v) is 5.70. The minimum Gasteiger partial charge on any atom is -0.476 e. The van der Waals surface area contributed by atoms with E-state index in [1.54, 1.807) is 18.2 Å². The van der Waals surface area contributed by atoms with Gasteiger partial charge in [-0.2, -0.15) is 0 Å². The number of Topliss-reactive ketones (excluding diaryl/α,β-unsaturated/α-hetero) is 1. The first kappa shape index (κ1) is 32.3. The number of ketones is 1. The summed E-state index contributed by atoms with van der Waals surface area (Å²) in [6.45, 7) is 2.25. The molecule has 1 N–H and O–H groups in total. The molecule has 198 valence electrons. The second-order valence-corrected chi connectivity index (χ2v) is 8.64. The van der Waals surface area contributed by atoms with Crippen LogP contribution in [0.1, 0.15) is 124 Å². The largest absolute Gasteiger partial charge is 0.476 e. The molecule has 0 amide bonds. The van der Waals surface area contributed by atoms with Gasteiger partial charge in [-0.3, -0.25) is 4.79 Å². The summed E-state index contributed by atoms with van der Waals surface area (Å²) in [7, 11) is 2.57. The molecule has 0 aliphatic heterocycles. The van der Waals surface area contributed by atoms with E-state index in [-0.39, 0.29) is 6.42 Å². The number of methoxy groups -OCH3 is 2. The Kier molecular flexibility index (Phi) is 20.1. The lowest BCUT2D eigenvalue weighted by atomic mass is 10.0. The molecule has 0 atom stereocenters. The summed E-state index contributed by atoms with van der Waals surface area (Å²) in [6, 6.07) is 6.16. The number of unbranched alkanes of at least 4 members (excludes halogenated alkanes) is 13. The van der Waals surface area contributed by atoms with Crippen LogP contribution in [0.2, 0.25) is 0 Å². The first-order valence-corrected chi connectivity index (χ1v) is 12.9. The summed E-state index contributed by atoms with van der Waals surface area (Å²) in [4.78, 5) is 43.4. The number of hydrogen-bond acceptors (Lipinski definition) is 6. The zero-order valence-corrected chi connectivity index (χ0v) is 21.8. The van der Waals surface area contributed by atoms with Crippen molar-refractivity contribution < 1.29 is 33.8 Å². The van der Waals surface area contributed by atoms with Gasteiger partial charge in [-0.25, -0.2) is 14.4 Å². The topological polar surface area (TPSA) is 107 Å². The van der Waals surface area contributed by atoms with Crippen molar-refractivity contribution in [3.8, 4) is 0 Å². The predicted molar refractivity (Wildman–Crippen MR) is 137 cm³/mol. The van der Waals surface area contributed by atoms with E-state index in [9.17, 15) is 19.2 Å². The molecule has 0 aliphatic rings. The zero-order chi connectivity index (χ0) is 26.3. The molecule has 0 fully saturated rings. The fraction of sp³-hybridized carbons (Fsp3) is 0.643. The smallest absolute Gasteiger partial charge is 0.372 e. The van der Waals surface area contributed by atoms with Gasteiger partial charge >= 0.3 is 17.9 Å². The Morgan fingerprint density at radius 2 is 1.03 bits per heavy atom. The minimum atomic E-state index is -1.29. The third kappa shape index (κ3) is 17.4. The number of hydrogen-bond donors (Lipinski definition) is 1. The third-order valence-electron chi connectivity index (χ3n) is 5.70. The molecule has 0 unspecified atom stereocenters. The van der Waals surface area contributed by atoms with Crippen molar-refractivity contribution >= 4 is 23.7 Å². The summed E-state index contributed by atoms with van der Waals surface area (Å²) in [5, 5.41) is 8.44. The number of rotatable bonds is 18. The number of ether oxygens (including phenoxy) is 2. The van der Waals surface area contributed by atoms with Crippen molar-refractivity contribution in [2.45, 2.75) is 103 Å². The van der Waals surface area contributed by atoms with E-state index in [1.165, 1.54) is 90.9 Å². The van der Waals surface area contributed by atoms with Crippen LogP contribution in [0.4, 0.5) is 0 Å². The molecule has 0 radical (unpaired) electrons. The summed E-state index contributed by atoms with van der Waals surface area (Å²) < 4.78 is 9.03. The monoisotopic (exact) mass is 492 g/mol. The Balaban J connectivity index is 0.000000712. The van der Waals surface area contributed by atoms with Crippen LogP contribution in [0.5, 0.6) is 0 Å². The molecule has 0 heterocycles. The second kappa shape index (κ2) is 21.8. The molecule has 0 bridgehead atoms. The Labute approximate surface area is 210 Å². The molecule has 0 spiro atoms. The highest BCUT2D eigenvalue weighted by Crippen LogP contribution is 2.13. The van der Waals surface area contributed by atoms with Crippen molar-refractivity contribution in [3.05, 3.63) is 35.4 Å². The highest BCUT2D eigenvalue weighted by Gasteiger charge is 2.10. The maximum atomic E-state index is 11.1. The van der Waals surface area contributed by atoms with Gasteiger partial charge in [0.1, 0.15) is 0 Å². The van der Waals surface area contributed by atoms with Crippen LogP contribution in [0.3, 0.4) is 0 Å². The molecule has 7 heteroatoms. The maximum Gasteiger partial charge on any atom is 0.372 e. The van der Waals surface area contributed by atoms with E-state index in [0.717, 1.165) is 19.3 Å². The van der Waals surface area contributed by atoms with Crippen molar-refractivity contribution in [2.24, 2.45) is 0 Å². The zero-order valence-electron chi connectivity index (χ0n) is 21.8. The predicted octanol–water partition coefficient (Wildman–Crippen LogP) is 6.77. The van der Waals surface area contributed by atoms with Crippen molar-refractivity contribution in [3.63, 3.8) is 0 Å². The number of esters is 2. The van der Waals surface area contributed by atoms with E-state index in [1.807, 2.05) is 0 Å². The summed E-state index contributed by atoms with van der Waals surface area (Å²) in [5.74, 6) is -2.88. The quantitative estimate of drug-likeness (QED) is 0.137. The maximum absolute atomic E-state index is 11.1. The highest BCUT2D eigenvalue weighted by molar-refractivity contribution is 6.32. The van der Waals surface area contributed by atoms with Crippen LogP contribution in [0, 0.1) is 0 Å². The van der Waals surface area contributed by atoms with Gasteiger partial charge in [0.25, 0.3) is 0 Å². The minimum absolute atomic E-state index is 0.202. The fourth-order valence-corrected chi connectivity index (χ4v) is 3.60. The lowest BCUT2D eigenvalue weighted by Gasteiger charge is -2.03. The van der Waals surface area contributed by atoms with Crippen molar-refractivity contribution in [1.82, 2.24) is 0 Å². The molecule has 1 rings (SSSR count). The molecule has 7 nitrogen and oxygen atoms in total. The Bertz CT molecular complexity index is 711. The molecule has 1 aromatic carbocycles. The Morgan fingerprint density at radius 1 is 0.657 bits per heavy atom. The fourth-order valence-electron chi connectivity index (χ4n) is 3.60. The molecule has 1 aromatic rings. The Hall–Kier alpha value is -2.70. The SMILES string of the molecule is CCCCCCCCCCCCCCCCC(=O)C(=O)O.COC(=O)c1cccc(C(=O)OC)c1. The van der Waals surface area contributed by atoms with E-state index < -0.39 is 23.7 Å². The van der Waals surface area contributed by atoms with Gasteiger partial charge in [0.05, 0.1) is 25.3 Å². The molecule has 0 aliphatic carbocycles. The van der Waals surface area contributed by atoms with Gasteiger partial charge < -0.3 is 14.6 Å². The second-order valence-electron chi connectivity index (χ2n) is 8.64. The van der Waals surface area contributed by atoms with Gasteiger partial charge in [0.2, 0.25) is 5.78 Å². The average Bonchev–Trinajstić information content (AvgIpc) is 2.88. The van der Waals surface area contributed by atoms with Crippen LogP contribution in [0.25, 0.3) is 0 Å². The molecule has 0 saturated heterocycles. The average molecular weight is 493 g/mol. The molecule has 0 saturated carbocycles. The number of carbonyl (C=O) groups is 4. The van der Waals surface area contributed by atoms with E-state index in [0.29, 0.717) is 11.1 Å². The molecule has 35 heavy (non-hydrogen) atoms. The molecule has 0 aromatic heterocycles. The van der Waals surface area contributed by atoms with Gasteiger partial charge in [-0.1, -0.05) is 96.5 Å². The lowest BCUT2D eigenvalue weighted by molar-refractivity contribution is -0.149. The normalized spacial score (nSPS) is 10.1. The first-order valence-electron chi connectivity index (χ1n) is 12.9. The number of carbonyl (C=O) groups excluding carboxylic acids is 3. The summed E-state index contributed by atoms with van der Waals surface area (Å²) in [6.07, 6.45) is 17.9. The number of carboxylic acids is 1. The van der Waals surface area contributed by atoms with E-state index >= 15 is 0 Å². The molecular formula is C28H44O7. The van der Waals surface area contributed by atoms with E-state index in [4.69, 9.17) is 5.11 Å². The van der Waals surface area contributed by atoms with Crippen molar-refractivity contribution in [2.75, 3.05) is 14.2 Å². The van der Waals surface area contributed by atoms with Gasteiger partial charge in [0, 0.05) is 6.42 Å². The highest BCUT2D eigenvalue weighted by atomic mass is 16.5. The van der Waals surface area contributed by atoms with Gasteiger partial charge in [-0.15, -0.1) is 0 Å². The van der Waals surface area contributed by atoms with Gasteiger partial charge in [0.15, 0.2) is 0 Å². The van der Waals surface area contributed by atoms with Crippen LogP contribution >= 0.6 is 0 Å². The first-order chi connectivity index (χ1) is 16.9. The Morgan fingerprint density at radius 3 is 1.37 bits per heavy atom. The molecular weight excluding hydrogens is 448 g/mol. The number of benzene rings is 1. The summed E-state index contributed by atoms with van der Waals surface area (Å²) in [5.41, 5.74) is 0.658. The van der Waals surface area contributed by atoms with Crippen molar-refractivity contribution in [1.29, 1.82) is 0 Å².